The summed E-state index contributed by atoms with van der Waals surface area (Å²) in [5, 5.41) is 3.63. The second-order valence-corrected chi connectivity index (χ2v) is 4.72. The first-order valence-corrected chi connectivity index (χ1v) is 5.73. The summed E-state index contributed by atoms with van der Waals surface area (Å²) in [5.41, 5.74) is 2.72. The molecule has 0 amide bonds. The molecular weight excluding hydrogens is 182 g/mol. The van der Waals surface area contributed by atoms with Crippen molar-refractivity contribution < 1.29 is 0 Å². The Morgan fingerprint density at radius 1 is 1.20 bits per heavy atom. The van der Waals surface area contributed by atoms with Crippen LogP contribution in [0.25, 0.3) is 6.08 Å². The standard InChI is InChI=1S/C14H19N/c1-3-12-6-8-13(9-7-12)15-14(2)10-4-5-11-14/h3,6-9,15H,1,4-5,10-11H2,2H3. The third-order valence-electron chi connectivity index (χ3n) is 3.30. The van der Waals surface area contributed by atoms with Crippen LogP contribution >= 0.6 is 0 Å². The summed E-state index contributed by atoms with van der Waals surface area (Å²) in [6, 6.07) is 8.49. The van der Waals surface area contributed by atoms with E-state index in [1.165, 1.54) is 36.9 Å². The number of benzene rings is 1. The van der Waals surface area contributed by atoms with Crippen LogP contribution < -0.4 is 5.32 Å². The maximum atomic E-state index is 3.76. The molecule has 1 N–H and O–H groups in total. The van der Waals surface area contributed by atoms with Gasteiger partial charge in [-0.3, -0.25) is 0 Å². The van der Waals surface area contributed by atoms with Crippen molar-refractivity contribution in [2.24, 2.45) is 0 Å². The van der Waals surface area contributed by atoms with Gasteiger partial charge in [-0.05, 0) is 37.5 Å². The van der Waals surface area contributed by atoms with E-state index >= 15 is 0 Å². The van der Waals surface area contributed by atoms with Crippen LogP contribution in [0.5, 0.6) is 0 Å². The molecule has 1 nitrogen and oxygen atoms in total. The largest absolute Gasteiger partial charge is 0.380 e. The number of hydrogen-bond donors (Lipinski definition) is 1. The van der Waals surface area contributed by atoms with Gasteiger partial charge in [0.05, 0.1) is 0 Å². The molecule has 0 unspecified atom stereocenters. The first-order chi connectivity index (χ1) is 7.22. The lowest BCUT2D eigenvalue weighted by Crippen LogP contribution is -2.30. The lowest BCUT2D eigenvalue weighted by molar-refractivity contribution is 0.533. The Morgan fingerprint density at radius 3 is 2.33 bits per heavy atom. The van der Waals surface area contributed by atoms with Gasteiger partial charge in [0.25, 0.3) is 0 Å². The fraction of sp³-hybridized carbons (Fsp3) is 0.429. The first-order valence-electron chi connectivity index (χ1n) is 5.73. The second-order valence-electron chi connectivity index (χ2n) is 4.72. The average Bonchev–Trinajstić information content (AvgIpc) is 2.66. The van der Waals surface area contributed by atoms with Crippen LogP contribution in [0.15, 0.2) is 30.8 Å². The van der Waals surface area contributed by atoms with E-state index in [0.29, 0.717) is 5.54 Å². The molecule has 1 heteroatoms. The highest BCUT2D eigenvalue weighted by Gasteiger charge is 2.27. The predicted octanol–water partition coefficient (Wildman–Crippen LogP) is 4.07. The Hall–Kier alpha value is -1.24. The van der Waals surface area contributed by atoms with Gasteiger partial charge in [-0.25, -0.2) is 0 Å². The van der Waals surface area contributed by atoms with Gasteiger partial charge in [0.1, 0.15) is 0 Å². The minimum atomic E-state index is 0.315. The summed E-state index contributed by atoms with van der Waals surface area (Å²) in [5.74, 6) is 0. The zero-order valence-corrected chi connectivity index (χ0v) is 9.42. The molecule has 80 valence electrons. The van der Waals surface area contributed by atoms with Crippen molar-refractivity contribution >= 4 is 11.8 Å². The van der Waals surface area contributed by atoms with Crippen LogP contribution in [0.4, 0.5) is 5.69 Å². The zero-order valence-electron chi connectivity index (χ0n) is 9.42. The van der Waals surface area contributed by atoms with Crippen molar-refractivity contribution in [3.05, 3.63) is 36.4 Å². The van der Waals surface area contributed by atoms with E-state index in [4.69, 9.17) is 0 Å². The molecule has 2 rings (SSSR count). The van der Waals surface area contributed by atoms with Gasteiger partial charge >= 0.3 is 0 Å². The van der Waals surface area contributed by atoms with E-state index in [-0.39, 0.29) is 0 Å². The first kappa shape index (κ1) is 10.3. The van der Waals surface area contributed by atoms with Crippen molar-refractivity contribution in [3.8, 4) is 0 Å². The number of anilines is 1. The van der Waals surface area contributed by atoms with Gasteiger partial charge in [0.15, 0.2) is 0 Å². The van der Waals surface area contributed by atoms with E-state index in [0.717, 1.165) is 0 Å². The van der Waals surface area contributed by atoms with E-state index in [1.807, 2.05) is 6.08 Å². The predicted molar refractivity (Wildman–Crippen MR) is 67.0 cm³/mol. The molecule has 15 heavy (non-hydrogen) atoms. The van der Waals surface area contributed by atoms with Crippen molar-refractivity contribution in [3.63, 3.8) is 0 Å². The molecule has 0 heterocycles. The van der Waals surface area contributed by atoms with Crippen LogP contribution in [0.3, 0.4) is 0 Å². The third kappa shape index (κ3) is 2.41. The maximum Gasteiger partial charge on any atom is 0.0345 e. The molecule has 1 aromatic carbocycles. The summed E-state index contributed by atoms with van der Waals surface area (Å²) < 4.78 is 0. The molecule has 0 bridgehead atoms. The number of hydrogen-bond acceptors (Lipinski definition) is 1. The molecular formula is C14H19N. The Kier molecular flexibility index (Phi) is 2.81. The minimum absolute atomic E-state index is 0.315. The summed E-state index contributed by atoms with van der Waals surface area (Å²) in [6.07, 6.45) is 7.16. The molecule has 0 radical (unpaired) electrons. The zero-order chi connectivity index (χ0) is 10.7. The van der Waals surface area contributed by atoms with Crippen molar-refractivity contribution in [2.45, 2.75) is 38.1 Å². The lowest BCUT2D eigenvalue weighted by Gasteiger charge is -2.26. The highest BCUT2D eigenvalue weighted by molar-refractivity contribution is 5.54. The lowest BCUT2D eigenvalue weighted by atomic mass is 10.00. The highest BCUT2D eigenvalue weighted by Crippen LogP contribution is 2.32. The molecule has 0 atom stereocenters. The minimum Gasteiger partial charge on any atom is -0.380 e. The summed E-state index contributed by atoms with van der Waals surface area (Å²) >= 11 is 0. The fourth-order valence-corrected chi connectivity index (χ4v) is 2.33. The smallest absolute Gasteiger partial charge is 0.0345 e. The van der Waals surface area contributed by atoms with E-state index in [1.54, 1.807) is 0 Å². The Bertz CT molecular complexity index is 331. The summed E-state index contributed by atoms with van der Waals surface area (Å²) in [6.45, 7) is 6.08. The van der Waals surface area contributed by atoms with Gasteiger partial charge < -0.3 is 5.32 Å². The molecule has 0 aromatic heterocycles. The van der Waals surface area contributed by atoms with Crippen molar-refractivity contribution in [1.82, 2.24) is 0 Å². The molecule has 0 saturated heterocycles. The van der Waals surface area contributed by atoms with E-state index in [9.17, 15) is 0 Å². The number of rotatable bonds is 3. The summed E-state index contributed by atoms with van der Waals surface area (Å²) in [4.78, 5) is 0. The van der Waals surface area contributed by atoms with Crippen LogP contribution in [0, 0.1) is 0 Å². The van der Waals surface area contributed by atoms with Gasteiger partial charge in [0, 0.05) is 11.2 Å². The third-order valence-corrected chi connectivity index (χ3v) is 3.30. The van der Waals surface area contributed by atoms with Crippen LogP contribution in [0.1, 0.15) is 38.2 Å². The van der Waals surface area contributed by atoms with Gasteiger partial charge in [-0.15, -0.1) is 0 Å². The van der Waals surface area contributed by atoms with E-state index in [2.05, 4.69) is 43.1 Å². The molecule has 1 fully saturated rings. The average molecular weight is 201 g/mol. The van der Waals surface area contributed by atoms with Crippen LogP contribution in [-0.4, -0.2) is 5.54 Å². The Balaban J connectivity index is 2.07. The van der Waals surface area contributed by atoms with E-state index < -0.39 is 0 Å². The van der Waals surface area contributed by atoms with Crippen molar-refractivity contribution in [1.29, 1.82) is 0 Å². The second kappa shape index (κ2) is 4.09. The molecule has 0 aliphatic heterocycles. The topological polar surface area (TPSA) is 12.0 Å². The van der Waals surface area contributed by atoms with Gasteiger partial charge in [-0.2, -0.15) is 0 Å². The maximum absolute atomic E-state index is 3.76. The van der Waals surface area contributed by atoms with Crippen LogP contribution in [0.2, 0.25) is 0 Å². The SMILES string of the molecule is C=Cc1ccc(NC2(C)CCCC2)cc1. The summed E-state index contributed by atoms with van der Waals surface area (Å²) in [7, 11) is 0. The quantitative estimate of drug-likeness (QED) is 0.777. The van der Waals surface area contributed by atoms with Crippen molar-refractivity contribution in [2.75, 3.05) is 5.32 Å². The normalized spacial score (nSPS) is 18.7. The Morgan fingerprint density at radius 2 is 1.80 bits per heavy atom. The monoisotopic (exact) mass is 201 g/mol. The molecule has 1 aliphatic rings. The van der Waals surface area contributed by atoms with Gasteiger partial charge in [-0.1, -0.05) is 37.6 Å². The molecule has 1 aromatic rings. The fourth-order valence-electron chi connectivity index (χ4n) is 2.33. The van der Waals surface area contributed by atoms with Crippen LogP contribution in [-0.2, 0) is 0 Å². The highest BCUT2D eigenvalue weighted by atomic mass is 15.0. The molecule has 1 saturated carbocycles. The molecule has 0 spiro atoms. The van der Waals surface area contributed by atoms with Gasteiger partial charge in [0.2, 0.25) is 0 Å². The molecule has 1 aliphatic carbocycles. The number of nitrogens with one attached hydrogen (secondary N) is 1. The Labute approximate surface area is 92.2 Å².